The molecule has 3 amide bonds. The fourth-order valence-electron chi connectivity index (χ4n) is 4.27. The Hall–Kier alpha value is -2.94. The van der Waals surface area contributed by atoms with Crippen molar-refractivity contribution in [3.8, 4) is 0 Å². The van der Waals surface area contributed by atoms with Crippen molar-refractivity contribution in [2.75, 3.05) is 65.6 Å². The zero-order valence-electron chi connectivity index (χ0n) is 19.6. The van der Waals surface area contributed by atoms with Gasteiger partial charge in [-0.25, -0.2) is 4.79 Å². The van der Waals surface area contributed by atoms with E-state index in [1.165, 1.54) is 0 Å². The van der Waals surface area contributed by atoms with E-state index in [4.69, 9.17) is 9.47 Å². The molecular formula is C26H34N4O4. The van der Waals surface area contributed by atoms with Gasteiger partial charge in [-0.05, 0) is 17.7 Å². The molecule has 182 valence electrons. The van der Waals surface area contributed by atoms with E-state index >= 15 is 0 Å². The molecule has 2 aromatic rings. The van der Waals surface area contributed by atoms with Gasteiger partial charge in [0.2, 0.25) is 0 Å². The summed E-state index contributed by atoms with van der Waals surface area (Å²) in [6, 6.07) is 19.1. The fourth-order valence-corrected chi connectivity index (χ4v) is 4.27. The predicted octanol–water partition coefficient (Wildman–Crippen LogP) is 2.07. The molecule has 0 radical (unpaired) electrons. The maximum Gasteiger partial charge on any atom is 0.317 e. The molecule has 1 atom stereocenters. The van der Waals surface area contributed by atoms with Crippen LogP contribution < -0.4 is 5.32 Å². The van der Waals surface area contributed by atoms with Crippen molar-refractivity contribution < 1.29 is 19.1 Å². The highest BCUT2D eigenvalue weighted by Crippen LogP contribution is 2.12. The molecule has 0 saturated carbocycles. The number of hydrogen-bond acceptors (Lipinski definition) is 5. The van der Waals surface area contributed by atoms with Gasteiger partial charge in [-0.15, -0.1) is 0 Å². The first-order valence-corrected chi connectivity index (χ1v) is 12.0. The van der Waals surface area contributed by atoms with Gasteiger partial charge in [0.15, 0.2) is 0 Å². The van der Waals surface area contributed by atoms with Crippen LogP contribution in [0, 0.1) is 0 Å². The number of amides is 3. The number of rotatable bonds is 8. The number of carbonyl (C=O) groups is 2. The molecule has 2 saturated heterocycles. The molecule has 1 N–H and O–H groups in total. The fraction of sp³-hybridized carbons (Fsp3) is 0.462. The van der Waals surface area contributed by atoms with E-state index in [0.29, 0.717) is 44.9 Å². The predicted molar refractivity (Wildman–Crippen MR) is 130 cm³/mol. The second-order valence-corrected chi connectivity index (χ2v) is 8.65. The van der Waals surface area contributed by atoms with Gasteiger partial charge in [0.05, 0.1) is 32.5 Å². The Labute approximate surface area is 201 Å². The van der Waals surface area contributed by atoms with Gasteiger partial charge < -0.3 is 24.6 Å². The van der Waals surface area contributed by atoms with Crippen molar-refractivity contribution in [2.24, 2.45) is 0 Å². The molecule has 4 rings (SSSR count). The van der Waals surface area contributed by atoms with E-state index in [1.807, 2.05) is 65.6 Å². The third-order valence-corrected chi connectivity index (χ3v) is 6.23. The summed E-state index contributed by atoms with van der Waals surface area (Å²) >= 11 is 0. The summed E-state index contributed by atoms with van der Waals surface area (Å²) in [5.41, 5.74) is 1.72. The molecule has 2 fully saturated rings. The van der Waals surface area contributed by atoms with Crippen molar-refractivity contribution in [3.05, 3.63) is 71.8 Å². The van der Waals surface area contributed by atoms with Gasteiger partial charge in [0, 0.05) is 51.4 Å². The number of ether oxygens (including phenoxy) is 2. The Morgan fingerprint density at radius 2 is 1.65 bits per heavy atom. The molecule has 34 heavy (non-hydrogen) atoms. The lowest BCUT2D eigenvalue weighted by Gasteiger charge is -2.36. The van der Waals surface area contributed by atoms with E-state index in [2.05, 4.69) is 10.2 Å². The second kappa shape index (κ2) is 12.5. The van der Waals surface area contributed by atoms with Crippen LogP contribution in [0.25, 0.3) is 0 Å². The summed E-state index contributed by atoms with van der Waals surface area (Å²) < 4.78 is 11.4. The maximum absolute atomic E-state index is 13.3. The SMILES string of the molecule is O=C(NCc1ccccc1)N1CCO[C@@H](CN(CCN2CCOCC2)C(=O)c2ccccc2)C1. The molecule has 2 aliphatic heterocycles. The Morgan fingerprint density at radius 3 is 2.38 bits per heavy atom. The summed E-state index contributed by atoms with van der Waals surface area (Å²) in [6.07, 6.45) is -0.228. The zero-order chi connectivity index (χ0) is 23.6. The highest BCUT2D eigenvalue weighted by Gasteiger charge is 2.28. The van der Waals surface area contributed by atoms with Crippen LogP contribution in [0.1, 0.15) is 15.9 Å². The third-order valence-electron chi connectivity index (χ3n) is 6.23. The minimum Gasteiger partial charge on any atom is -0.379 e. The summed E-state index contributed by atoms with van der Waals surface area (Å²) in [5.74, 6) is -0.0110. The van der Waals surface area contributed by atoms with Crippen LogP contribution in [0.3, 0.4) is 0 Å². The van der Waals surface area contributed by atoms with Gasteiger partial charge in [-0.2, -0.15) is 0 Å². The summed E-state index contributed by atoms with van der Waals surface area (Å²) in [4.78, 5) is 32.0. The van der Waals surface area contributed by atoms with E-state index in [9.17, 15) is 9.59 Å². The lowest BCUT2D eigenvalue weighted by Crippen LogP contribution is -2.53. The monoisotopic (exact) mass is 466 g/mol. The number of nitrogens with zero attached hydrogens (tertiary/aromatic N) is 3. The van der Waals surface area contributed by atoms with Crippen LogP contribution in [-0.4, -0.2) is 98.4 Å². The Kier molecular flexibility index (Phi) is 8.90. The second-order valence-electron chi connectivity index (χ2n) is 8.65. The Bertz CT molecular complexity index is 906. The van der Waals surface area contributed by atoms with Crippen LogP contribution in [0.2, 0.25) is 0 Å². The quantitative estimate of drug-likeness (QED) is 0.645. The number of benzene rings is 2. The van der Waals surface area contributed by atoms with E-state index in [-0.39, 0.29) is 18.0 Å². The van der Waals surface area contributed by atoms with Crippen LogP contribution >= 0.6 is 0 Å². The molecule has 8 heteroatoms. The Balaban J connectivity index is 1.35. The van der Waals surface area contributed by atoms with Crippen molar-refractivity contribution >= 4 is 11.9 Å². The maximum atomic E-state index is 13.3. The lowest BCUT2D eigenvalue weighted by atomic mass is 10.1. The summed E-state index contributed by atoms with van der Waals surface area (Å²) in [5, 5.41) is 2.99. The molecule has 8 nitrogen and oxygen atoms in total. The average Bonchev–Trinajstić information content (AvgIpc) is 2.91. The van der Waals surface area contributed by atoms with Gasteiger partial charge in [-0.3, -0.25) is 9.69 Å². The number of hydrogen-bond donors (Lipinski definition) is 1. The highest BCUT2D eigenvalue weighted by atomic mass is 16.5. The van der Waals surface area contributed by atoms with Gasteiger partial charge >= 0.3 is 6.03 Å². The van der Waals surface area contributed by atoms with Crippen molar-refractivity contribution in [2.45, 2.75) is 12.6 Å². The molecule has 2 aromatic carbocycles. The van der Waals surface area contributed by atoms with Crippen molar-refractivity contribution in [1.82, 2.24) is 20.0 Å². The molecular weight excluding hydrogens is 432 g/mol. The first-order chi connectivity index (χ1) is 16.7. The average molecular weight is 467 g/mol. The molecule has 2 aliphatic rings. The number of urea groups is 1. The zero-order valence-corrected chi connectivity index (χ0v) is 19.6. The summed E-state index contributed by atoms with van der Waals surface area (Å²) in [6.45, 7) is 6.99. The molecule has 0 aromatic heterocycles. The van der Waals surface area contributed by atoms with Crippen LogP contribution in [-0.2, 0) is 16.0 Å². The highest BCUT2D eigenvalue weighted by molar-refractivity contribution is 5.94. The molecule has 0 bridgehead atoms. The topological polar surface area (TPSA) is 74.4 Å². The van der Waals surface area contributed by atoms with Crippen molar-refractivity contribution in [3.63, 3.8) is 0 Å². The van der Waals surface area contributed by atoms with Gasteiger partial charge in [-0.1, -0.05) is 48.5 Å². The minimum absolute atomic E-state index is 0.0110. The van der Waals surface area contributed by atoms with Gasteiger partial charge in [0.1, 0.15) is 0 Å². The third kappa shape index (κ3) is 7.03. The first kappa shape index (κ1) is 24.2. The number of nitrogens with one attached hydrogen (secondary N) is 1. The largest absolute Gasteiger partial charge is 0.379 e. The minimum atomic E-state index is -0.228. The standard InChI is InChI=1S/C26H34N4O4/c31-25(23-9-5-2-6-10-23)29(12-11-28-13-16-33-17-14-28)20-24-21-30(15-18-34-24)26(32)27-19-22-7-3-1-4-8-22/h1-10,24H,11-21H2,(H,27,32)/t24-/m0/s1. The first-order valence-electron chi connectivity index (χ1n) is 12.0. The molecule has 0 aliphatic carbocycles. The normalized spacial score (nSPS) is 18.9. The molecule has 2 heterocycles. The molecule has 0 unspecified atom stereocenters. The summed E-state index contributed by atoms with van der Waals surface area (Å²) in [7, 11) is 0. The lowest BCUT2D eigenvalue weighted by molar-refractivity contribution is -0.0297. The number of morpholine rings is 2. The Morgan fingerprint density at radius 1 is 0.941 bits per heavy atom. The molecule has 0 spiro atoms. The van der Waals surface area contributed by atoms with Crippen LogP contribution in [0.5, 0.6) is 0 Å². The van der Waals surface area contributed by atoms with E-state index < -0.39 is 0 Å². The smallest absolute Gasteiger partial charge is 0.317 e. The van der Waals surface area contributed by atoms with Crippen LogP contribution in [0.4, 0.5) is 4.79 Å². The van der Waals surface area contributed by atoms with E-state index in [1.54, 1.807) is 4.90 Å². The number of carbonyl (C=O) groups excluding carboxylic acids is 2. The van der Waals surface area contributed by atoms with E-state index in [0.717, 1.165) is 38.4 Å². The van der Waals surface area contributed by atoms with Crippen molar-refractivity contribution in [1.29, 1.82) is 0 Å². The van der Waals surface area contributed by atoms with Crippen LogP contribution in [0.15, 0.2) is 60.7 Å². The van der Waals surface area contributed by atoms with Gasteiger partial charge in [0.25, 0.3) is 5.91 Å².